The summed E-state index contributed by atoms with van der Waals surface area (Å²) in [7, 11) is -3.80. The van der Waals surface area contributed by atoms with Crippen LogP contribution in [-0.4, -0.2) is 25.0 Å². The molecule has 0 spiro atoms. The average Bonchev–Trinajstić information content (AvgIpc) is 2.56. The van der Waals surface area contributed by atoms with Crippen molar-refractivity contribution in [1.29, 1.82) is 0 Å². The Balaban J connectivity index is 2.35. The smallest absolute Gasteiger partial charge is 0.276 e. The van der Waals surface area contributed by atoms with Crippen molar-refractivity contribution in [1.82, 2.24) is 4.83 Å². The van der Waals surface area contributed by atoms with E-state index in [1.165, 1.54) is 19.1 Å². The number of nitrogens with one attached hydrogen (secondary N) is 1. The summed E-state index contributed by atoms with van der Waals surface area (Å²) in [5.74, 6) is 0. The summed E-state index contributed by atoms with van der Waals surface area (Å²) in [4.78, 5) is 2.29. The quantitative estimate of drug-likeness (QED) is 0.501. The molecule has 6 nitrogen and oxygen atoms in total. The van der Waals surface area contributed by atoms with Gasteiger partial charge in [-0.3, -0.25) is 0 Å². The molecule has 0 heterocycles. The Kier molecular flexibility index (Phi) is 5.13. The van der Waals surface area contributed by atoms with Crippen molar-refractivity contribution in [3.05, 3.63) is 65.7 Å². The Morgan fingerprint density at radius 2 is 1.65 bits per heavy atom. The highest BCUT2D eigenvalue weighted by Crippen LogP contribution is 2.10. The van der Waals surface area contributed by atoms with Gasteiger partial charge in [-0.2, -0.15) is 18.4 Å². The molecule has 0 aliphatic carbocycles. The summed E-state index contributed by atoms with van der Waals surface area (Å²) < 4.78 is 24.5. The summed E-state index contributed by atoms with van der Waals surface area (Å²) in [5, 5.41) is 16.0. The Morgan fingerprint density at radius 1 is 1.04 bits per heavy atom. The average molecular weight is 331 g/mol. The van der Waals surface area contributed by atoms with Crippen LogP contribution in [0.25, 0.3) is 0 Å². The number of hydrogen-bond acceptors (Lipinski definition) is 5. The van der Waals surface area contributed by atoms with Gasteiger partial charge in [-0.1, -0.05) is 53.2 Å². The van der Waals surface area contributed by atoms with Gasteiger partial charge in [-0.05, 0) is 26.0 Å². The molecule has 0 radical (unpaired) electrons. The molecule has 0 saturated heterocycles. The van der Waals surface area contributed by atoms with Crippen molar-refractivity contribution in [2.24, 2.45) is 10.3 Å². The van der Waals surface area contributed by atoms with Gasteiger partial charge in [-0.25, -0.2) is 0 Å². The first kappa shape index (κ1) is 16.7. The third-order valence-electron chi connectivity index (χ3n) is 3.15. The Hall–Kier alpha value is -2.67. The van der Waals surface area contributed by atoms with Gasteiger partial charge in [0.1, 0.15) is 11.4 Å². The molecule has 0 aliphatic heterocycles. The van der Waals surface area contributed by atoms with E-state index in [0.717, 1.165) is 5.56 Å². The van der Waals surface area contributed by atoms with Crippen molar-refractivity contribution in [2.75, 3.05) is 0 Å². The summed E-state index contributed by atoms with van der Waals surface area (Å²) in [6, 6.07) is 15.3. The van der Waals surface area contributed by atoms with Gasteiger partial charge in [0.25, 0.3) is 10.0 Å². The lowest BCUT2D eigenvalue weighted by atomic mass is 10.1. The SMILES string of the molecule is CC(=NO)C(=NNS(=O)(=O)c1ccc(C)cc1)c1ccccc1. The first-order valence-corrected chi connectivity index (χ1v) is 8.33. The van der Waals surface area contributed by atoms with E-state index in [9.17, 15) is 8.42 Å². The molecule has 0 amide bonds. The normalized spacial score (nSPS) is 13.0. The minimum absolute atomic E-state index is 0.109. The molecule has 0 saturated carbocycles. The van der Waals surface area contributed by atoms with E-state index in [-0.39, 0.29) is 16.3 Å². The molecule has 0 bridgehead atoms. The molecule has 23 heavy (non-hydrogen) atoms. The maximum absolute atomic E-state index is 12.3. The van der Waals surface area contributed by atoms with Crippen molar-refractivity contribution >= 4 is 21.4 Å². The number of benzene rings is 2. The van der Waals surface area contributed by atoms with Crippen molar-refractivity contribution in [3.63, 3.8) is 0 Å². The van der Waals surface area contributed by atoms with Crippen LogP contribution in [0.15, 0.2) is 69.7 Å². The van der Waals surface area contributed by atoms with Gasteiger partial charge >= 0.3 is 0 Å². The maximum atomic E-state index is 12.3. The molecule has 0 fully saturated rings. The Labute approximate surface area is 135 Å². The van der Waals surface area contributed by atoms with Gasteiger partial charge < -0.3 is 5.21 Å². The monoisotopic (exact) mass is 331 g/mol. The Morgan fingerprint density at radius 3 is 2.22 bits per heavy atom. The highest BCUT2D eigenvalue weighted by molar-refractivity contribution is 7.89. The first-order chi connectivity index (χ1) is 10.9. The molecule has 7 heteroatoms. The number of rotatable bonds is 5. The molecule has 0 aromatic heterocycles. The van der Waals surface area contributed by atoms with Crippen molar-refractivity contribution < 1.29 is 13.6 Å². The predicted octanol–water partition coefficient (Wildman–Crippen LogP) is 2.53. The predicted molar refractivity (Wildman–Crippen MR) is 89.4 cm³/mol. The van der Waals surface area contributed by atoms with Crippen LogP contribution in [-0.2, 0) is 10.0 Å². The number of oxime groups is 1. The van der Waals surface area contributed by atoms with E-state index in [0.29, 0.717) is 5.56 Å². The minimum Gasteiger partial charge on any atom is -0.411 e. The van der Waals surface area contributed by atoms with E-state index < -0.39 is 10.0 Å². The van der Waals surface area contributed by atoms with Crippen molar-refractivity contribution in [2.45, 2.75) is 18.7 Å². The zero-order chi connectivity index (χ0) is 16.9. The second kappa shape index (κ2) is 7.06. The van der Waals surface area contributed by atoms with Crippen LogP contribution in [0, 0.1) is 6.92 Å². The highest BCUT2D eigenvalue weighted by Gasteiger charge is 2.15. The maximum Gasteiger partial charge on any atom is 0.276 e. The lowest BCUT2D eigenvalue weighted by Gasteiger charge is -2.08. The van der Waals surface area contributed by atoms with Gasteiger partial charge in [0.15, 0.2) is 0 Å². The third-order valence-corrected chi connectivity index (χ3v) is 4.37. The third kappa shape index (κ3) is 4.17. The summed E-state index contributed by atoms with van der Waals surface area (Å²) in [6.07, 6.45) is 0. The molecular formula is C16H17N3O3S. The van der Waals surface area contributed by atoms with Crippen LogP contribution < -0.4 is 4.83 Å². The molecule has 2 aromatic carbocycles. The number of hydrogen-bond donors (Lipinski definition) is 2. The van der Waals surface area contributed by atoms with Gasteiger partial charge in [0, 0.05) is 5.56 Å². The number of nitrogens with zero attached hydrogens (tertiary/aromatic N) is 2. The van der Waals surface area contributed by atoms with Crippen molar-refractivity contribution in [3.8, 4) is 0 Å². The fourth-order valence-corrected chi connectivity index (χ4v) is 2.68. The largest absolute Gasteiger partial charge is 0.411 e. The molecule has 2 aromatic rings. The fourth-order valence-electron chi connectivity index (χ4n) is 1.87. The van der Waals surface area contributed by atoms with E-state index in [4.69, 9.17) is 5.21 Å². The molecule has 0 aliphatic rings. The van der Waals surface area contributed by atoms with E-state index in [1.54, 1.807) is 36.4 Å². The Bertz CT molecular complexity index is 827. The van der Waals surface area contributed by atoms with Crippen LogP contribution in [0.2, 0.25) is 0 Å². The molecule has 2 rings (SSSR count). The standard InChI is InChI=1S/C16H17N3O3S/c1-12-8-10-15(11-9-12)23(21,22)19-17-16(13(2)18-20)14-6-4-3-5-7-14/h3-11,19-20H,1-2H3. The molecule has 120 valence electrons. The minimum atomic E-state index is -3.80. The lowest BCUT2D eigenvalue weighted by Crippen LogP contribution is -2.23. The summed E-state index contributed by atoms with van der Waals surface area (Å²) in [6.45, 7) is 3.41. The summed E-state index contributed by atoms with van der Waals surface area (Å²) in [5.41, 5.74) is 2.03. The van der Waals surface area contributed by atoms with Crippen LogP contribution >= 0.6 is 0 Å². The second-order valence-corrected chi connectivity index (χ2v) is 6.58. The van der Waals surface area contributed by atoms with Crippen LogP contribution in [0.3, 0.4) is 0 Å². The van der Waals surface area contributed by atoms with Crippen LogP contribution in [0.1, 0.15) is 18.1 Å². The van der Waals surface area contributed by atoms with E-state index in [1.807, 2.05) is 13.0 Å². The highest BCUT2D eigenvalue weighted by atomic mass is 32.2. The number of sulfonamides is 1. The van der Waals surface area contributed by atoms with E-state index >= 15 is 0 Å². The molecule has 2 N–H and O–H groups in total. The molecule has 0 unspecified atom stereocenters. The van der Waals surface area contributed by atoms with Gasteiger partial charge in [-0.15, -0.1) is 0 Å². The van der Waals surface area contributed by atoms with Gasteiger partial charge in [0.2, 0.25) is 0 Å². The number of hydrazone groups is 1. The number of aryl methyl sites for hydroxylation is 1. The molecular weight excluding hydrogens is 314 g/mol. The zero-order valence-corrected chi connectivity index (χ0v) is 13.6. The zero-order valence-electron chi connectivity index (χ0n) is 12.8. The lowest BCUT2D eigenvalue weighted by molar-refractivity contribution is 0.320. The second-order valence-electron chi connectivity index (χ2n) is 4.92. The summed E-state index contributed by atoms with van der Waals surface area (Å²) >= 11 is 0. The van der Waals surface area contributed by atoms with E-state index in [2.05, 4.69) is 15.1 Å². The molecule has 0 atom stereocenters. The topological polar surface area (TPSA) is 91.1 Å². The fraction of sp³-hybridized carbons (Fsp3) is 0.125. The van der Waals surface area contributed by atoms with Gasteiger partial charge in [0.05, 0.1) is 4.90 Å². The first-order valence-electron chi connectivity index (χ1n) is 6.84. The van der Waals surface area contributed by atoms with Crippen LogP contribution in [0.4, 0.5) is 0 Å². The van der Waals surface area contributed by atoms with Crippen LogP contribution in [0.5, 0.6) is 0 Å².